The van der Waals surface area contributed by atoms with Crippen LogP contribution in [0.2, 0.25) is 0 Å². The number of aromatic amines is 1. The summed E-state index contributed by atoms with van der Waals surface area (Å²) in [5.74, 6) is 0. The van der Waals surface area contributed by atoms with Crippen LogP contribution in [0.5, 0.6) is 0 Å². The highest BCUT2D eigenvalue weighted by molar-refractivity contribution is 6.22. The molecule has 0 saturated heterocycles. The molecule has 0 amide bonds. The third-order valence-corrected chi connectivity index (χ3v) is 3.02. The fourth-order valence-electron chi connectivity index (χ4n) is 2.17. The smallest absolute Gasteiger partial charge is 0.0527 e. The lowest BCUT2D eigenvalue weighted by atomic mass is 9.76. The molecule has 2 rings (SSSR count). The quantitative estimate of drug-likeness (QED) is 0.677. The summed E-state index contributed by atoms with van der Waals surface area (Å²) in [6, 6.07) is 4.14. The second-order valence-corrected chi connectivity index (χ2v) is 5.40. The summed E-state index contributed by atoms with van der Waals surface area (Å²) in [7, 11) is 0. The van der Waals surface area contributed by atoms with Crippen LogP contribution in [0.4, 0.5) is 0 Å². The van der Waals surface area contributed by atoms with E-state index in [0.717, 1.165) is 12.8 Å². The van der Waals surface area contributed by atoms with Gasteiger partial charge in [0.05, 0.1) is 5.38 Å². The van der Waals surface area contributed by atoms with Crippen LogP contribution in [0, 0.1) is 5.41 Å². The summed E-state index contributed by atoms with van der Waals surface area (Å²) in [6.45, 7) is 4.55. The molecule has 1 aromatic heterocycles. The van der Waals surface area contributed by atoms with Crippen molar-refractivity contribution in [2.75, 3.05) is 0 Å². The SMILES string of the molecule is CC1(C)CC(c2ccc[nH]2)=CC(Cl)C1. The lowest BCUT2D eigenvalue weighted by molar-refractivity contribution is 0.340. The van der Waals surface area contributed by atoms with Crippen LogP contribution in [0.25, 0.3) is 5.57 Å². The molecule has 0 saturated carbocycles. The summed E-state index contributed by atoms with van der Waals surface area (Å²) < 4.78 is 0. The highest BCUT2D eigenvalue weighted by Crippen LogP contribution is 2.40. The summed E-state index contributed by atoms with van der Waals surface area (Å²) in [5, 5.41) is 0.178. The Morgan fingerprint density at radius 2 is 2.29 bits per heavy atom. The van der Waals surface area contributed by atoms with Gasteiger partial charge < -0.3 is 4.98 Å². The van der Waals surface area contributed by atoms with Crippen molar-refractivity contribution in [2.24, 2.45) is 5.41 Å². The van der Waals surface area contributed by atoms with E-state index in [1.807, 2.05) is 12.3 Å². The summed E-state index contributed by atoms with van der Waals surface area (Å²) >= 11 is 6.22. The highest BCUT2D eigenvalue weighted by atomic mass is 35.5. The molecule has 1 heterocycles. The van der Waals surface area contributed by atoms with Crippen LogP contribution in [0.15, 0.2) is 24.4 Å². The van der Waals surface area contributed by atoms with E-state index in [0.29, 0.717) is 5.41 Å². The van der Waals surface area contributed by atoms with Gasteiger partial charge in [0.15, 0.2) is 0 Å². The molecule has 0 fully saturated rings. The largest absolute Gasteiger partial charge is 0.361 e. The van der Waals surface area contributed by atoms with E-state index >= 15 is 0 Å². The zero-order valence-corrected chi connectivity index (χ0v) is 9.43. The fourth-order valence-corrected chi connectivity index (χ4v) is 2.74. The van der Waals surface area contributed by atoms with Crippen LogP contribution >= 0.6 is 11.6 Å². The van der Waals surface area contributed by atoms with Crippen LogP contribution < -0.4 is 0 Å². The maximum absolute atomic E-state index is 6.22. The minimum absolute atomic E-state index is 0.178. The molecule has 1 N–H and O–H groups in total. The first-order chi connectivity index (χ1) is 6.57. The second kappa shape index (κ2) is 3.47. The van der Waals surface area contributed by atoms with Crippen LogP contribution in [-0.4, -0.2) is 10.4 Å². The van der Waals surface area contributed by atoms with E-state index in [9.17, 15) is 0 Å². The molecule has 1 atom stereocenters. The zero-order chi connectivity index (χ0) is 10.2. The molecule has 1 aliphatic carbocycles. The normalized spacial score (nSPS) is 25.9. The van der Waals surface area contributed by atoms with E-state index in [1.165, 1.54) is 11.3 Å². The van der Waals surface area contributed by atoms with Gasteiger partial charge in [0, 0.05) is 11.9 Å². The number of halogens is 1. The Bertz CT molecular complexity index is 335. The predicted octanol–water partition coefficient (Wildman–Crippen LogP) is 3.83. The molecule has 76 valence electrons. The monoisotopic (exact) mass is 209 g/mol. The number of rotatable bonds is 1. The molecule has 1 aliphatic rings. The van der Waals surface area contributed by atoms with Crippen molar-refractivity contribution in [1.82, 2.24) is 4.98 Å². The lowest BCUT2D eigenvalue weighted by Gasteiger charge is -2.32. The Hall–Kier alpha value is -0.690. The van der Waals surface area contributed by atoms with E-state index < -0.39 is 0 Å². The number of allylic oxidation sites excluding steroid dienone is 2. The van der Waals surface area contributed by atoms with E-state index in [-0.39, 0.29) is 5.38 Å². The van der Waals surface area contributed by atoms with Gasteiger partial charge in [-0.3, -0.25) is 0 Å². The van der Waals surface area contributed by atoms with Gasteiger partial charge >= 0.3 is 0 Å². The van der Waals surface area contributed by atoms with Gasteiger partial charge in [0.2, 0.25) is 0 Å². The van der Waals surface area contributed by atoms with Crippen LogP contribution in [-0.2, 0) is 0 Å². The average Bonchev–Trinajstić information content (AvgIpc) is 2.51. The predicted molar refractivity (Wildman–Crippen MR) is 61.4 cm³/mol. The van der Waals surface area contributed by atoms with Crippen molar-refractivity contribution < 1.29 is 0 Å². The number of nitrogens with one attached hydrogen (secondary N) is 1. The third-order valence-electron chi connectivity index (χ3n) is 2.74. The average molecular weight is 210 g/mol. The van der Waals surface area contributed by atoms with Gasteiger partial charge in [-0.2, -0.15) is 0 Å². The van der Waals surface area contributed by atoms with Gasteiger partial charge in [-0.05, 0) is 36.0 Å². The molecule has 1 nitrogen and oxygen atoms in total. The van der Waals surface area contributed by atoms with Gasteiger partial charge in [-0.1, -0.05) is 19.9 Å². The number of hydrogen-bond donors (Lipinski definition) is 1. The molecule has 0 radical (unpaired) electrons. The first-order valence-electron chi connectivity index (χ1n) is 5.05. The minimum Gasteiger partial charge on any atom is -0.361 e. The Labute approximate surface area is 90.2 Å². The Morgan fingerprint density at radius 3 is 2.86 bits per heavy atom. The number of hydrogen-bond acceptors (Lipinski definition) is 0. The van der Waals surface area contributed by atoms with Gasteiger partial charge in [-0.15, -0.1) is 11.6 Å². The molecule has 0 aromatic carbocycles. The standard InChI is InChI=1S/C12H16ClN/c1-12(2)7-9(6-10(13)8-12)11-4-3-5-14-11/h3-6,10,14H,7-8H2,1-2H3. The minimum atomic E-state index is 0.178. The van der Waals surface area contributed by atoms with Gasteiger partial charge in [0.25, 0.3) is 0 Å². The summed E-state index contributed by atoms with van der Waals surface area (Å²) in [5.41, 5.74) is 2.89. The number of H-pyrrole nitrogens is 1. The molecule has 0 aliphatic heterocycles. The van der Waals surface area contributed by atoms with Crippen molar-refractivity contribution in [3.05, 3.63) is 30.1 Å². The lowest BCUT2D eigenvalue weighted by Crippen LogP contribution is -2.21. The van der Waals surface area contributed by atoms with E-state index in [1.54, 1.807) is 0 Å². The van der Waals surface area contributed by atoms with Crippen molar-refractivity contribution in [1.29, 1.82) is 0 Å². The second-order valence-electron chi connectivity index (χ2n) is 4.84. The van der Waals surface area contributed by atoms with Crippen molar-refractivity contribution in [3.8, 4) is 0 Å². The first-order valence-corrected chi connectivity index (χ1v) is 5.49. The third kappa shape index (κ3) is 2.03. The maximum Gasteiger partial charge on any atom is 0.0527 e. The molecule has 14 heavy (non-hydrogen) atoms. The molecular weight excluding hydrogens is 194 g/mol. The molecule has 1 unspecified atom stereocenters. The summed E-state index contributed by atoms with van der Waals surface area (Å²) in [4.78, 5) is 3.24. The fraction of sp³-hybridized carbons (Fsp3) is 0.500. The van der Waals surface area contributed by atoms with Crippen molar-refractivity contribution in [3.63, 3.8) is 0 Å². The number of aromatic nitrogens is 1. The highest BCUT2D eigenvalue weighted by Gasteiger charge is 2.28. The topological polar surface area (TPSA) is 15.8 Å². The Balaban J connectivity index is 2.28. The van der Waals surface area contributed by atoms with Crippen LogP contribution in [0.1, 0.15) is 32.4 Å². The van der Waals surface area contributed by atoms with Gasteiger partial charge in [0.1, 0.15) is 0 Å². The first kappa shape index (κ1) is 9.85. The zero-order valence-electron chi connectivity index (χ0n) is 8.68. The maximum atomic E-state index is 6.22. The van der Waals surface area contributed by atoms with E-state index in [2.05, 4.69) is 31.0 Å². The molecule has 1 aromatic rings. The van der Waals surface area contributed by atoms with Crippen molar-refractivity contribution >= 4 is 17.2 Å². The molecule has 0 bridgehead atoms. The van der Waals surface area contributed by atoms with Gasteiger partial charge in [-0.25, -0.2) is 0 Å². The molecule has 0 spiro atoms. The van der Waals surface area contributed by atoms with Crippen LogP contribution in [0.3, 0.4) is 0 Å². The van der Waals surface area contributed by atoms with Crippen molar-refractivity contribution in [2.45, 2.75) is 32.1 Å². The Morgan fingerprint density at radius 1 is 1.50 bits per heavy atom. The molecule has 2 heteroatoms. The summed E-state index contributed by atoms with van der Waals surface area (Å²) in [6.07, 6.45) is 6.31. The van der Waals surface area contributed by atoms with E-state index in [4.69, 9.17) is 11.6 Å². The molecular formula is C12H16ClN. The Kier molecular flexibility index (Phi) is 2.44. The number of alkyl halides is 1.